The molecule has 9 nitrogen and oxygen atoms in total. The van der Waals surface area contributed by atoms with Gasteiger partial charge in [-0.2, -0.15) is 0 Å². The van der Waals surface area contributed by atoms with Crippen LogP contribution in [0.5, 0.6) is 5.75 Å². The van der Waals surface area contributed by atoms with Crippen molar-refractivity contribution < 1.29 is 14.3 Å². The Morgan fingerprint density at radius 2 is 2.04 bits per heavy atom. The van der Waals surface area contributed by atoms with Crippen molar-refractivity contribution in [1.82, 2.24) is 25.2 Å². The number of aromatic nitrogens is 3. The summed E-state index contributed by atoms with van der Waals surface area (Å²) < 4.78 is 6.79. The number of ether oxygens (including phenoxy) is 1. The van der Waals surface area contributed by atoms with Crippen molar-refractivity contribution in [2.24, 2.45) is 0 Å². The Morgan fingerprint density at radius 3 is 2.78 bits per heavy atom. The van der Waals surface area contributed by atoms with Crippen LogP contribution in [-0.2, 0) is 6.54 Å². The Bertz CT molecular complexity index is 872. The second kappa shape index (κ2) is 6.90. The molecule has 4 rings (SSSR count). The van der Waals surface area contributed by atoms with E-state index in [-0.39, 0.29) is 29.2 Å². The molecule has 9 heteroatoms. The van der Waals surface area contributed by atoms with Crippen molar-refractivity contribution in [3.05, 3.63) is 35.7 Å². The second-order valence-corrected chi connectivity index (χ2v) is 6.82. The maximum absolute atomic E-state index is 12.9. The molecule has 0 unspecified atom stereocenters. The van der Waals surface area contributed by atoms with Crippen LogP contribution in [0.2, 0.25) is 0 Å². The summed E-state index contributed by atoms with van der Waals surface area (Å²) in [5.74, 6) is 0.269. The second-order valence-electron chi connectivity index (χ2n) is 6.82. The molecule has 1 aromatic carbocycles. The highest BCUT2D eigenvalue weighted by molar-refractivity contribution is 6.05. The Morgan fingerprint density at radius 1 is 1.26 bits per heavy atom. The molecule has 2 aliphatic heterocycles. The maximum atomic E-state index is 12.9. The summed E-state index contributed by atoms with van der Waals surface area (Å²) in [6, 6.07) is 7.85. The molecule has 0 spiro atoms. The van der Waals surface area contributed by atoms with E-state index in [4.69, 9.17) is 4.74 Å². The van der Waals surface area contributed by atoms with Crippen LogP contribution in [-0.4, -0.2) is 71.0 Å². The zero-order valence-corrected chi connectivity index (χ0v) is 15.4. The van der Waals surface area contributed by atoms with Gasteiger partial charge in [-0.15, -0.1) is 5.10 Å². The van der Waals surface area contributed by atoms with Crippen molar-refractivity contribution >= 4 is 17.5 Å². The fourth-order valence-electron chi connectivity index (χ4n) is 3.53. The summed E-state index contributed by atoms with van der Waals surface area (Å²) in [4.78, 5) is 29.1. The van der Waals surface area contributed by atoms with Gasteiger partial charge < -0.3 is 19.9 Å². The van der Waals surface area contributed by atoms with Crippen LogP contribution in [0.15, 0.2) is 24.3 Å². The number of carbonyl (C=O) groups excluding carboxylic acids is 2. The zero-order valence-electron chi connectivity index (χ0n) is 15.4. The van der Waals surface area contributed by atoms with Gasteiger partial charge in [0.05, 0.1) is 13.7 Å². The molecule has 1 atom stereocenters. The average Bonchev–Trinajstić information content (AvgIpc) is 3.11. The van der Waals surface area contributed by atoms with Crippen LogP contribution in [0.4, 0.5) is 5.69 Å². The smallest absolute Gasteiger partial charge is 0.277 e. The summed E-state index contributed by atoms with van der Waals surface area (Å²) >= 11 is 0. The first-order valence-corrected chi connectivity index (χ1v) is 8.99. The number of nitrogens with zero attached hydrogens (tertiary/aromatic N) is 5. The van der Waals surface area contributed by atoms with Crippen LogP contribution >= 0.6 is 0 Å². The minimum absolute atomic E-state index is 0.0268. The number of hydrogen-bond donors (Lipinski definition) is 1. The average molecular weight is 370 g/mol. The lowest BCUT2D eigenvalue weighted by Gasteiger charge is -2.36. The topological polar surface area (TPSA) is 92.6 Å². The van der Waals surface area contributed by atoms with Gasteiger partial charge in [0, 0.05) is 44.0 Å². The molecule has 1 saturated heterocycles. The number of rotatable bonds is 3. The number of nitrogens with one attached hydrogen (secondary N) is 1. The standard InChI is InChI=1S/C18H22N6O3/c1-12-11-24-16(17(25)19-12)15(20-21-24)18(26)23-8-6-22(7-9-23)13-4-3-5-14(10-13)27-2/h3-5,10,12H,6-9,11H2,1-2H3,(H,19,25)/t12-/m0/s1. The molecular weight excluding hydrogens is 348 g/mol. The van der Waals surface area contributed by atoms with E-state index in [9.17, 15) is 9.59 Å². The van der Waals surface area contributed by atoms with Crippen LogP contribution in [0.1, 0.15) is 27.9 Å². The minimum atomic E-state index is -0.294. The van der Waals surface area contributed by atoms with Gasteiger partial charge in [0.2, 0.25) is 0 Å². The Labute approximate surface area is 156 Å². The lowest BCUT2D eigenvalue weighted by atomic mass is 10.1. The van der Waals surface area contributed by atoms with E-state index in [0.29, 0.717) is 32.7 Å². The van der Waals surface area contributed by atoms with Crippen molar-refractivity contribution in [2.45, 2.75) is 19.5 Å². The van der Waals surface area contributed by atoms with Gasteiger partial charge in [0.25, 0.3) is 11.8 Å². The predicted molar refractivity (Wildman–Crippen MR) is 98.1 cm³/mol. The Balaban J connectivity index is 1.46. The quantitative estimate of drug-likeness (QED) is 0.840. The summed E-state index contributed by atoms with van der Waals surface area (Å²) in [7, 11) is 1.65. The minimum Gasteiger partial charge on any atom is -0.497 e. The molecule has 0 radical (unpaired) electrons. The molecule has 2 aliphatic rings. The number of benzene rings is 1. The molecule has 2 aromatic rings. The first kappa shape index (κ1) is 17.3. The fourth-order valence-corrected chi connectivity index (χ4v) is 3.53. The van der Waals surface area contributed by atoms with Crippen LogP contribution in [0.25, 0.3) is 0 Å². The molecule has 1 N–H and O–H groups in total. The molecular formula is C18H22N6O3. The third kappa shape index (κ3) is 3.20. The predicted octanol–water partition coefficient (Wildman–Crippen LogP) is 0.381. The summed E-state index contributed by atoms with van der Waals surface area (Å²) in [6.45, 7) is 4.92. The highest BCUT2D eigenvalue weighted by Crippen LogP contribution is 2.23. The van der Waals surface area contributed by atoms with Crippen molar-refractivity contribution in [3.63, 3.8) is 0 Å². The number of amides is 2. The van der Waals surface area contributed by atoms with Crippen LogP contribution in [0.3, 0.4) is 0 Å². The van der Waals surface area contributed by atoms with E-state index in [1.807, 2.05) is 31.2 Å². The molecule has 2 amide bonds. The van der Waals surface area contributed by atoms with Gasteiger partial charge in [-0.25, -0.2) is 4.68 Å². The third-order valence-electron chi connectivity index (χ3n) is 4.96. The van der Waals surface area contributed by atoms with Crippen molar-refractivity contribution in [2.75, 3.05) is 38.2 Å². The molecule has 1 fully saturated rings. The number of carbonyl (C=O) groups is 2. The van der Waals surface area contributed by atoms with Crippen LogP contribution < -0.4 is 15.0 Å². The van der Waals surface area contributed by atoms with Gasteiger partial charge >= 0.3 is 0 Å². The van der Waals surface area contributed by atoms with Gasteiger partial charge in [0.1, 0.15) is 5.75 Å². The number of methoxy groups -OCH3 is 1. The first-order chi connectivity index (χ1) is 13.1. The lowest BCUT2D eigenvalue weighted by molar-refractivity contribution is 0.0731. The molecule has 0 aliphatic carbocycles. The van der Waals surface area contributed by atoms with E-state index in [1.54, 1.807) is 12.0 Å². The molecule has 1 aromatic heterocycles. The fraction of sp³-hybridized carbons (Fsp3) is 0.444. The van der Waals surface area contributed by atoms with Gasteiger partial charge in [0.15, 0.2) is 11.4 Å². The van der Waals surface area contributed by atoms with Gasteiger partial charge in [-0.3, -0.25) is 9.59 Å². The summed E-state index contributed by atoms with van der Waals surface area (Å²) in [5, 5.41) is 10.8. The summed E-state index contributed by atoms with van der Waals surface area (Å²) in [5.41, 5.74) is 1.46. The number of piperazine rings is 1. The highest BCUT2D eigenvalue weighted by atomic mass is 16.5. The normalized spacial score (nSPS) is 19.5. The maximum Gasteiger partial charge on any atom is 0.277 e. The van der Waals surface area contributed by atoms with Crippen molar-refractivity contribution in [1.29, 1.82) is 0 Å². The lowest BCUT2D eigenvalue weighted by Crippen LogP contribution is -2.49. The molecule has 142 valence electrons. The van der Waals surface area contributed by atoms with E-state index < -0.39 is 0 Å². The SMILES string of the molecule is COc1cccc(N2CCN(C(=O)c3nnn4c3C(=O)N[C@@H](C)C4)CC2)c1. The monoisotopic (exact) mass is 370 g/mol. The Hall–Kier alpha value is -3.10. The largest absolute Gasteiger partial charge is 0.497 e. The molecule has 0 bridgehead atoms. The molecule has 0 saturated carbocycles. The summed E-state index contributed by atoms with van der Waals surface area (Å²) in [6.07, 6.45) is 0. The van der Waals surface area contributed by atoms with E-state index in [0.717, 1.165) is 11.4 Å². The number of anilines is 1. The molecule has 27 heavy (non-hydrogen) atoms. The van der Waals surface area contributed by atoms with E-state index in [1.165, 1.54) is 4.68 Å². The van der Waals surface area contributed by atoms with Gasteiger partial charge in [-0.1, -0.05) is 11.3 Å². The Kier molecular flexibility index (Phi) is 4.43. The third-order valence-corrected chi connectivity index (χ3v) is 4.96. The van der Waals surface area contributed by atoms with E-state index >= 15 is 0 Å². The van der Waals surface area contributed by atoms with Crippen molar-refractivity contribution in [3.8, 4) is 5.75 Å². The number of hydrogen-bond acceptors (Lipinski definition) is 6. The van der Waals surface area contributed by atoms with Crippen LogP contribution in [0, 0.1) is 0 Å². The highest BCUT2D eigenvalue weighted by Gasteiger charge is 2.33. The first-order valence-electron chi connectivity index (χ1n) is 8.99. The van der Waals surface area contributed by atoms with E-state index in [2.05, 4.69) is 20.5 Å². The zero-order chi connectivity index (χ0) is 19.0. The van der Waals surface area contributed by atoms with Gasteiger partial charge in [-0.05, 0) is 19.1 Å². The molecule has 3 heterocycles. The number of fused-ring (bicyclic) bond motifs is 1.